The summed E-state index contributed by atoms with van der Waals surface area (Å²) < 4.78 is 10.9. The number of carbonyl (C=O) groups excluding carboxylic acids is 1. The maximum atomic E-state index is 12.2. The average molecular weight is 286 g/mol. The molecule has 0 aromatic heterocycles. The number of hydrogen-bond acceptors (Lipinski definition) is 3. The molecule has 0 N–H and O–H groups in total. The second kappa shape index (κ2) is 12.2. The molecule has 0 aliphatic rings. The van der Waals surface area contributed by atoms with Gasteiger partial charge < -0.3 is 9.47 Å². The van der Waals surface area contributed by atoms with E-state index in [2.05, 4.69) is 27.7 Å². The molecule has 0 bridgehead atoms. The van der Waals surface area contributed by atoms with Gasteiger partial charge in [0.2, 0.25) is 0 Å². The normalized spacial score (nSPS) is 14.3. The first-order chi connectivity index (χ1) is 9.54. The largest absolute Gasteiger partial charge is 0.465 e. The summed E-state index contributed by atoms with van der Waals surface area (Å²) in [5.41, 5.74) is 0. The predicted molar refractivity (Wildman–Crippen MR) is 83.7 cm³/mol. The van der Waals surface area contributed by atoms with Gasteiger partial charge in [-0.1, -0.05) is 47.0 Å². The Bertz CT molecular complexity index is 238. The highest BCUT2D eigenvalue weighted by atomic mass is 16.5. The molecule has 120 valence electrons. The molecular weight excluding hydrogens is 252 g/mol. The van der Waals surface area contributed by atoms with E-state index in [0.717, 1.165) is 19.3 Å². The molecule has 20 heavy (non-hydrogen) atoms. The van der Waals surface area contributed by atoms with E-state index in [9.17, 15) is 4.79 Å². The molecule has 0 aromatic rings. The smallest absolute Gasteiger partial charge is 0.311 e. The lowest BCUT2D eigenvalue weighted by molar-refractivity contribution is -0.153. The Kier molecular flexibility index (Phi) is 11.8. The van der Waals surface area contributed by atoms with Gasteiger partial charge in [-0.05, 0) is 31.6 Å². The molecule has 0 amide bonds. The van der Waals surface area contributed by atoms with E-state index in [4.69, 9.17) is 9.47 Å². The fourth-order valence-corrected chi connectivity index (χ4v) is 2.28. The molecule has 2 atom stereocenters. The molecule has 0 aromatic carbocycles. The van der Waals surface area contributed by atoms with Gasteiger partial charge in [0.1, 0.15) is 0 Å². The van der Waals surface area contributed by atoms with E-state index in [1.807, 2.05) is 6.92 Å². The molecule has 0 saturated carbocycles. The molecule has 3 heteroatoms. The second-order valence-electron chi connectivity index (χ2n) is 6.03. The number of unbranched alkanes of at least 4 members (excludes halogenated alkanes) is 1. The van der Waals surface area contributed by atoms with Gasteiger partial charge in [0, 0.05) is 6.61 Å². The Morgan fingerprint density at radius 2 is 1.80 bits per heavy atom. The molecule has 0 heterocycles. The highest BCUT2D eigenvalue weighted by Gasteiger charge is 2.22. The van der Waals surface area contributed by atoms with E-state index in [1.165, 1.54) is 12.8 Å². The van der Waals surface area contributed by atoms with Crippen molar-refractivity contribution in [1.29, 1.82) is 0 Å². The zero-order chi connectivity index (χ0) is 15.4. The number of ether oxygens (including phenoxy) is 2. The fraction of sp³-hybridized carbons (Fsp3) is 0.941. The van der Waals surface area contributed by atoms with E-state index in [1.54, 1.807) is 0 Å². The van der Waals surface area contributed by atoms with E-state index in [-0.39, 0.29) is 11.9 Å². The van der Waals surface area contributed by atoms with Gasteiger partial charge in [0.25, 0.3) is 0 Å². The monoisotopic (exact) mass is 286 g/mol. The number of carbonyl (C=O) groups is 1. The van der Waals surface area contributed by atoms with Crippen molar-refractivity contribution in [2.75, 3.05) is 19.8 Å². The van der Waals surface area contributed by atoms with Crippen LogP contribution in [0.5, 0.6) is 0 Å². The molecule has 0 fully saturated rings. The van der Waals surface area contributed by atoms with Crippen LogP contribution < -0.4 is 0 Å². The summed E-state index contributed by atoms with van der Waals surface area (Å²) in [5.74, 6) is 0.793. The van der Waals surface area contributed by atoms with Crippen LogP contribution in [-0.2, 0) is 14.3 Å². The lowest BCUT2D eigenvalue weighted by atomic mass is 9.97. The van der Waals surface area contributed by atoms with Crippen LogP contribution in [0, 0.1) is 17.8 Å². The molecule has 0 aliphatic heterocycles. The summed E-state index contributed by atoms with van der Waals surface area (Å²) in [6.45, 7) is 12.3. The zero-order valence-electron chi connectivity index (χ0n) is 14.1. The van der Waals surface area contributed by atoms with E-state index < -0.39 is 0 Å². The molecular formula is C17H34O3. The summed E-state index contributed by atoms with van der Waals surface area (Å²) in [6, 6.07) is 0. The molecule has 2 unspecified atom stereocenters. The van der Waals surface area contributed by atoms with Crippen LogP contribution in [0.15, 0.2) is 0 Å². The average Bonchev–Trinajstić information content (AvgIpc) is 2.43. The van der Waals surface area contributed by atoms with Crippen molar-refractivity contribution in [2.45, 2.75) is 66.7 Å². The fourth-order valence-electron chi connectivity index (χ4n) is 2.28. The van der Waals surface area contributed by atoms with Gasteiger partial charge in [0.15, 0.2) is 0 Å². The third-order valence-electron chi connectivity index (χ3n) is 3.62. The molecule has 0 saturated heterocycles. The van der Waals surface area contributed by atoms with Gasteiger partial charge in [-0.15, -0.1) is 0 Å². The summed E-state index contributed by atoms with van der Waals surface area (Å²) in [5, 5.41) is 0. The van der Waals surface area contributed by atoms with Crippen molar-refractivity contribution in [2.24, 2.45) is 17.8 Å². The second-order valence-corrected chi connectivity index (χ2v) is 6.03. The molecule has 0 rings (SSSR count). The highest BCUT2D eigenvalue weighted by Crippen LogP contribution is 2.17. The Balaban J connectivity index is 4.21. The minimum absolute atomic E-state index is 0.0814. The Morgan fingerprint density at radius 3 is 2.30 bits per heavy atom. The van der Waals surface area contributed by atoms with Gasteiger partial charge in [-0.3, -0.25) is 4.79 Å². The van der Waals surface area contributed by atoms with E-state index in [0.29, 0.717) is 31.7 Å². The SMILES string of the molecule is CCCCC(CC)COC(=O)C(COCC)CC(C)C. The van der Waals surface area contributed by atoms with Crippen molar-refractivity contribution in [3.05, 3.63) is 0 Å². The quantitative estimate of drug-likeness (QED) is 0.497. The molecule has 0 aliphatic carbocycles. The summed E-state index contributed by atoms with van der Waals surface area (Å²) in [7, 11) is 0. The topological polar surface area (TPSA) is 35.5 Å². The van der Waals surface area contributed by atoms with Crippen LogP contribution in [0.3, 0.4) is 0 Å². The standard InChI is InChI=1S/C17H34O3/c1-6-9-10-15(7-2)12-20-17(18)16(11-14(4)5)13-19-8-3/h14-16H,6-13H2,1-5H3. The Morgan fingerprint density at radius 1 is 1.10 bits per heavy atom. The van der Waals surface area contributed by atoms with Gasteiger partial charge in [0.05, 0.1) is 19.1 Å². The lowest BCUT2D eigenvalue weighted by Crippen LogP contribution is -2.26. The van der Waals surface area contributed by atoms with Crippen LogP contribution in [0.25, 0.3) is 0 Å². The predicted octanol–water partition coefficient (Wildman–Crippen LogP) is 4.44. The number of hydrogen-bond donors (Lipinski definition) is 0. The Labute approximate surface area is 125 Å². The number of rotatable bonds is 12. The van der Waals surface area contributed by atoms with Crippen molar-refractivity contribution in [1.82, 2.24) is 0 Å². The van der Waals surface area contributed by atoms with Crippen LogP contribution in [0.1, 0.15) is 66.7 Å². The third-order valence-corrected chi connectivity index (χ3v) is 3.62. The molecule has 0 radical (unpaired) electrons. The van der Waals surface area contributed by atoms with E-state index >= 15 is 0 Å². The van der Waals surface area contributed by atoms with Crippen molar-refractivity contribution >= 4 is 5.97 Å². The third kappa shape index (κ3) is 9.35. The first kappa shape index (κ1) is 19.4. The summed E-state index contributed by atoms with van der Waals surface area (Å²) in [4.78, 5) is 12.2. The van der Waals surface area contributed by atoms with Gasteiger partial charge >= 0.3 is 5.97 Å². The summed E-state index contributed by atoms with van der Waals surface area (Å²) in [6.07, 6.45) is 5.48. The summed E-state index contributed by atoms with van der Waals surface area (Å²) >= 11 is 0. The minimum Gasteiger partial charge on any atom is -0.465 e. The van der Waals surface area contributed by atoms with Gasteiger partial charge in [-0.25, -0.2) is 0 Å². The molecule has 0 spiro atoms. The van der Waals surface area contributed by atoms with Crippen molar-refractivity contribution < 1.29 is 14.3 Å². The van der Waals surface area contributed by atoms with Crippen LogP contribution >= 0.6 is 0 Å². The molecule has 3 nitrogen and oxygen atoms in total. The van der Waals surface area contributed by atoms with Crippen LogP contribution in [0.4, 0.5) is 0 Å². The highest BCUT2D eigenvalue weighted by molar-refractivity contribution is 5.72. The number of esters is 1. The minimum atomic E-state index is -0.112. The lowest BCUT2D eigenvalue weighted by Gasteiger charge is -2.20. The maximum absolute atomic E-state index is 12.2. The van der Waals surface area contributed by atoms with Crippen LogP contribution in [0.2, 0.25) is 0 Å². The van der Waals surface area contributed by atoms with Crippen molar-refractivity contribution in [3.8, 4) is 0 Å². The van der Waals surface area contributed by atoms with Crippen LogP contribution in [-0.4, -0.2) is 25.8 Å². The van der Waals surface area contributed by atoms with Crippen molar-refractivity contribution in [3.63, 3.8) is 0 Å². The zero-order valence-corrected chi connectivity index (χ0v) is 14.1. The first-order valence-electron chi connectivity index (χ1n) is 8.29. The van der Waals surface area contributed by atoms with Gasteiger partial charge in [-0.2, -0.15) is 0 Å². The first-order valence-corrected chi connectivity index (χ1v) is 8.29. The maximum Gasteiger partial charge on any atom is 0.311 e. The Hall–Kier alpha value is -0.570.